The third-order valence-corrected chi connectivity index (χ3v) is 9.94. The first-order chi connectivity index (χ1) is 20.6. The maximum absolute atomic E-state index is 12.3. The van der Waals surface area contributed by atoms with Crippen LogP contribution in [-0.2, 0) is 28.5 Å². The number of allylic oxidation sites excluding steroid dienone is 3. The molecule has 9 atom stereocenters. The highest BCUT2D eigenvalue weighted by Crippen LogP contribution is 2.40. The van der Waals surface area contributed by atoms with Gasteiger partial charge in [-0.25, -0.2) is 4.79 Å². The van der Waals surface area contributed by atoms with Gasteiger partial charge in [-0.15, -0.1) is 0 Å². The van der Waals surface area contributed by atoms with E-state index >= 15 is 0 Å². The molecule has 7 heteroatoms. The van der Waals surface area contributed by atoms with Crippen LogP contribution in [0.15, 0.2) is 24.3 Å². The number of ether oxygens (including phenoxy) is 5. The van der Waals surface area contributed by atoms with Gasteiger partial charge >= 0.3 is 5.97 Å². The van der Waals surface area contributed by atoms with Gasteiger partial charge in [0.25, 0.3) is 0 Å². The predicted molar refractivity (Wildman–Crippen MR) is 164 cm³/mol. The number of rotatable bonds is 16. The lowest BCUT2D eigenvalue weighted by atomic mass is 9.89. The molecule has 1 N–H and O–H groups in total. The summed E-state index contributed by atoms with van der Waals surface area (Å²) >= 11 is 0. The van der Waals surface area contributed by atoms with Gasteiger partial charge in [-0.3, -0.25) is 0 Å². The second-order valence-corrected chi connectivity index (χ2v) is 13.1. The number of hydrogen-bond donors (Lipinski definition) is 1. The summed E-state index contributed by atoms with van der Waals surface area (Å²) in [4.78, 5) is 12.3. The summed E-state index contributed by atoms with van der Waals surface area (Å²) in [6.07, 6.45) is 25.6. The van der Waals surface area contributed by atoms with E-state index in [9.17, 15) is 9.90 Å². The Morgan fingerprint density at radius 3 is 2.40 bits per heavy atom. The molecule has 2 saturated carbocycles. The molecule has 0 spiro atoms. The summed E-state index contributed by atoms with van der Waals surface area (Å²) in [5, 5.41) is 10.8. The highest BCUT2D eigenvalue weighted by atomic mass is 16.7. The second kappa shape index (κ2) is 18.5. The summed E-state index contributed by atoms with van der Waals surface area (Å²) in [7, 11) is 1.40. The Kier molecular flexibility index (Phi) is 14.8. The number of unbranched alkanes of at least 4 members (excludes halogenated alkanes) is 1. The lowest BCUT2D eigenvalue weighted by Crippen LogP contribution is -2.33. The highest BCUT2D eigenvalue weighted by Gasteiger charge is 2.35. The molecular formula is C35H58O7. The van der Waals surface area contributed by atoms with Crippen LogP contribution in [0, 0.1) is 23.7 Å². The van der Waals surface area contributed by atoms with Crippen molar-refractivity contribution >= 4 is 5.97 Å². The summed E-state index contributed by atoms with van der Waals surface area (Å²) in [5.74, 6) is 1.58. The molecule has 4 rings (SSSR count). The van der Waals surface area contributed by atoms with Crippen LogP contribution < -0.4 is 0 Å². The minimum absolute atomic E-state index is 0.0848. The Labute approximate surface area is 254 Å². The van der Waals surface area contributed by atoms with Crippen LogP contribution in [0.5, 0.6) is 0 Å². The molecule has 4 aliphatic rings. The van der Waals surface area contributed by atoms with Crippen molar-refractivity contribution in [1.29, 1.82) is 0 Å². The number of carbonyl (C=O) groups excluding carboxylic acids is 1. The number of methoxy groups -OCH3 is 1. The largest absolute Gasteiger partial charge is 0.467 e. The molecule has 0 aromatic carbocycles. The zero-order chi connectivity index (χ0) is 29.6. The van der Waals surface area contributed by atoms with Gasteiger partial charge in [-0.2, -0.15) is 0 Å². The molecule has 2 aliphatic heterocycles. The Morgan fingerprint density at radius 2 is 1.71 bits per heavy atom. The second-order valence-electron chi connectivity index (χ2n) is 13.1. The SMILES string of the molecule is CCCCC1CCC([C@@H](C=C[C@H]2CC[C@H](O)[C@@H]2CC=CCCC(OC2CCCCO2)C(=O)OC)OC2CCCCO2)C1. The molecule has 2 heterocycles. The van der Waals surface area contributed by atoms with Crippen molar-refractivity contribution in [3.63, 3.8) is 0 Å². The van der Waals surface area contributed by atoms with Gasteiger partial charge in [-0.1, -0.05) is 56.9 Å². The number of aliphatic hydroxyl groups is 1. The van der Waals surface area contributed by atoms with E-state index in [1.165, 1.54) is 52.1 Å². The quantitative estimate of drug-likeness (QED) is 0.150. The molecule has 0 aromatic heterocycles. The molecular weight excluding hydrogens is 532 g/mol. The first-order valence-electron chi connectivity index (χ1n) is 17.2. The number of carbonyl (C=O) groups is 1. The van der Waals surface area contributed by atoms with Gasteiger partial charge in [0.1, 0.15) is 0 Å². The van der Waals surface area contributed by atoms with Crippen molar-refractivity contribution in [2.75, 3.05) is 20.3 Å². The van der Waals surface area contributed by atoms with Crippen molar-refractivity contribution in [3.05, 3.63) is 24.3 Å². The maximum atomic E-state index is 12.3. The van der Waals surface area contributed by atoms with Crippen molar-refractivity contribution in [1.82, 2.24) is 0 Å². The van der Waals surface area contributed by atoms with Gasteiger partial charge in [-0.05, 0) is 107 Å². The molecule has 7 nitrogen and oxygen atoms in total. The molecule has 5 unspecified atom stereocenters. The fourth-order valence-corrected chi connectivity index (χ4v) is 7.37. The Morgan fingerprint density at radius 1 is 0.952 bits per heavy atom. The monoisotopic (exact) mass is 590 g/mol. The summed E-state index contributed by atoms with van der Waals surface area (Å²) in [6, 6.07) is 0. The average molecular weight is 591 g/mol. The minimum Gasteiger partial charge on any atom is -0.467 e. The number of hydrogen-bond acceptors (Lipinski definition) is 7. The van der Waals surface area contributed by atoms with Crippen LogP contribution in [0.25, 0.3) is 0 Å². The van der Waals surface area contributed by atoms with E-state index in [0.717, 1.165) is 63.9 Å². The standard InChI is InChI=1S/C35H58O7/c1-3-4-12-26-17-18-28(25-26)31(41-33-15-8-10-23-39-33)22-20-27-19-21-30(36)29(27)13-6-5-7-14-32(35(37)38-2)42-34-16-9-11-24-40-34/h5-6,20,22,26-34,36H,3-4,7-19,21,23-25H2,1-2H3/t26?,27-,28?,29-,30+,31-,32?,33?,34?/m1/s1. The minimum atomic E-state index is -0.613. The van der Waals surface area contributed by atoms with Gasteiger partial charge in [0.15, 0.2) is 18.7 Å². The lowest BCUT2D eigenvalue weighted by Gasteiger charge is -2.30. The Hall–Kier alpha value is -1.25. The summed E-state index contributed by atoms with van der Waals surface area (Å²) in [5.41, 5.74) is 0. The van der Waals surface area contributed by atoms with Gasteiger partial charge in [0, 0.05) is 13.2 Å². The molecule has 2 saturated heterocycles. The third kappa shape index (κ3) is 10.7. The molecule has 0 aromatic rings. The van der Waals surface area contributed by atoms with Crippen molar-refractivity contribution in [3.8, 4) is 0 Å². The maximum Gasteiger partial charge on any atom is 0.335 e. The third-order valence-electron chi connectivity index (χ3n) is 9.94. The molecule has 42 heavy (non-hydrogen) atoms. The first kappa shape index (κ1) is 33.6. The Bertz CT molecular complexity index is 816. The van der Waals surface area contributed by atoms with E-state index in [1.54, 1.807) is 0 Å². The average Bonchev–Trinajstić information content (AvgIpc) is 3.64. The topological polar surface area (TPSA) is 83.5 Å². The first-order valence-corrected chi connectivity index (χ1v) is 17.2. The molecule has 240 valence electrons. The highest BCUT2D eigenvalue weighted by molar-refractivity contribution is 5.74. The van der Waals surface area contributed by atoms with E-state index < -0.39 is 6.10 Å². The number of aliphatic hydroxyl groups excluding tert-OH is 1. The fourth-order valence-electron chi connectivity index (χ4n) is 7.37. The van der Waals surface area contributed by atoms with E-state index in [-0.39, 0.29) is 36.7 Å². The van der Waals surface area contributed by atoms with Crippen LogP contribution in [0.1, 0.15) is 116 Å². The Balaban J connectivity index is 1.29. The normalized spacial score (nSPS) is 33.8. The van der Waals surface area contributed by atoms with Gasteiger partial charge in [0.05, 0.1) is 19.3 Å². The fraction of sp³-hybridized carbons (Fsp3) is 0.857. The van der Waals surface area contributed by atoms with Crippen LogP contribution >= 0.6 is 0 Å². The molecule has 4 fully saturated rings. The zero-order valence-electron chi connectivity index (χ0n) is 26.3. The zero-order valence-corrected chi connectivity index (χ0v) is 26.3. The van der Waals surface area contributed by atoms with Crippen LogP contribution in [0.4, 0.5) is 0 Å². The summed E-state index contributed by atoms with van der Waals surface area (Å²) < 4.78 is 29.2. The van der Waals surface area contributed by atoms with Crippen molar-refractivity contribution in [2.45, 2.75) is 147 Å². The van der Waals surface area contributed by atoms with Crippen molar-refractivity contribution in [2.24, 2.45) is 23.7 Å². The molecule has 0 amide bonds. The smallest absolute Gasteiger partial charge is 0.335 e. The van der Waals surface area contributed by atoms with Gasteiger partial charge < -0.3 is 28.8 Å². The van der Waals surface area contributed by atoms with E-state index in [1.807, 2.05) is 0 Å². The molecule has 2 aliphatic carbocycles. The van der Waals surface area contributed by atoms with Crippen LogP contribution in [0.3, 0.4) is 0 Å². The van der Waals surface area contributed by atoms with Crippen molar-refractivity contribution < 1.29 is 33.6 Å². The van der Waals surface area contributed by atoms with E-state index in [4.69, 9.17) is 23.7 Å². The van der Waals surface area contributed by atoms with E-state index in [0.29, 0.717) is 31.3 Å². The van der Waals surface area contributed by atoms with Crippen LogP contribution in [0.2, 0.25) is 0 Å². The molecule has 0 bridgehead atoms. The number of esters is 1. The predicted octanol–water partition coefficient (Wildman–Crippen LogP) is 7.26. The van der Waals surface area contributed by atoms with Gasteiger partial charge in [0.2, 0.25) is 0 Å². The lowest BCUT2D eigenvalue weighted by molar-refractivity contribution is -0.203. The molecule has 0 radical (unpaired) electrons. The van der Waals surface area contributed by atoms with E-state index in [2.05, 4.69) is 31.2 Å². The summed E-state index contributed by atoms with van der Waals surface area (Å²) in [6.45, 7) is 3.76. The van der Waals surface area contributed by atoms with Crippen LogP contribution in [-0.4, -0.2) is 62.3 Å².